The van der Waals surface area contributed by atoms with Gasteiger partial charge >= 0.3 is 5.72 Å². The van der Waals surface area contributed by atoms with Gasteiger partial charge in [0.15, 0.2) is 0 Å². The molecular formula is C24H17ClN4O2. The molecule has 0 N–H and O–H groups in total. The summed E-state index contributed by atoms with van der Waals surface area (Å²) in [7, 11) is 0. The monoisotopic (exact) mass is 428 g/mol. The number of oxime groups is 1. The Balaban J connectivity index is 1.73. The van der Waals surface area contributed by atoms with Gasteiger partial charge in [0, 0.05) is 16.1 Å². The van der Waals surface area contributed by atoms with Crippen molar-refractivity contribution in [2.75, 3.05) is 0 Å². The molecule has 0 saturated heterocycles. The van der Waals surface area contributed by atoms with Crippen LogP contribution in [0.15, 0.2) is 103 Å². The van der Waals surface area contributed by atoms with E-state index in [4.69, 9.17) is 16.4 Å². The number of carbonyl (C=O) groups is 1. The largest absolute Gasteiger partial charge is 0.355 e. The first-order valence-corrected chi connectivity index (χ1v) is 10.1. The minimum atomic E-state index is -1.56. The van der Waals surface area contributed by atoms with E-state index in [0.717, 1.165) is 11.1 Å². The van der Waals surface area contributed by atoms with Crippen LogP contribution in [0.3, 0.4) is 0 Å². The Kier molecular flexibility index (Phi) is 4.84. The zero-order chi connectivity index (χ0) is 21.3. The van der Waals surface area contributed by atoms with E-state index in [9.17, 15) is 4.79 Å². The van der Waals surface area contributed by atoms with Crippen LogP contribution in [0.2, 0.25) is 5.02 Å². The third kappa shape index (κ3) is 3.21. The second-order valence-electron chi connectivity index (χ2n) is 7.15. The number of ketones is 1. The van der Waals surface area contributed by atoms with Crippen LogP contribution in [0.25, 0.3) is 0 Å². The van der Waals surface area contributed by atoms with Gasteiger partial charge in [-0.2, -0.15) is 5.10 Å². The van der Waals surface area contributed by atoms with Crippen molar-refractivity contribution in [3.8, 4) is 0 Å². The summed E-state index contributed by atoms with van der Waals surface area (Å²) < 4.78 is 1.45. The highest BCUT2D eigenvalue weighted by atomic mass is 35.5. The van der Waals surface area contributed by atoms with Crippen molar-refractivity contribution in [2.45, 2.75) is 11.6 Å². The second-order valence-corrected chi connectivity index (χ2v) is 7.59. The highest BCUT2D eigenvalue weighted by molar-refractivity contribution is 6.30. The van der Waals surface area contributed by atoms with Crippen molar-refractivity contribution in [1.29, 1.82) is 0 Å². The lowest BCUT2D eigenvalue weighted by Crippen LogP contribution is -2.48. The van der Waals surface area contributed by atoms with Gasteiger partial charge in [-0.05, 0) is 17.7 Å². The molecule has 5 rings (SSSR count). The van der Waals surface area contributed by atoms with Gasteiger partial charge in [0.25, 0.3) is 0 Å². The Bertz CT molecular complexity index is 1230. The molecule has 2 unspecified atom stereocenters. The zero-order valence-corrected chi connectivity index (χ0v) is 17.1. The molecule has 0 spiro atoms. The molecule has 31 heavy (non-hydrogen) atoms. The van der Waals surface area contributed by atoms with Crippen LogP contribution >= 0.6 is 11.6 Å². The summed E-state index contributed by atoms with van der Waals surface area (Å²) >= 11 is 6.09. The molecule has 0 radical (unpaired) electrons. The van der Waals surface area contributed by atoms with Crippen LogP contribution in [0, 0.1) is 0 Å². The molecule has 0 aliphatic carbocycles. The number of rotatable bonds is 5. The van der Waals surface area contributed by atoms with Crippen molar-refractivity contribution in [2.24, 2.45) is 5.16 Å². The van der Waals surface area contributed by atoms with E-state index >= 15 is 0 Å². The molecule has 2 atom stereocenters. The molecule has 6 nitrogen and oxygen atoms in total. The number of Topliss-reactive ketones (excluding diaryl/α,β-unsaturated/α-hetero) is 1. The van der Waals surface area contributed by atoms with Gasteiger partial charge < -0.3 is 4.84 Å². The van der Waals surface area contributed by atoms with Crippen molar-refractivity contribution in [1.82, 2.24) is 14.8 Å². The third-order valence-electron chi connectivity index (χ3n) is 5.34. The van der Waals surface area contributed by atoms with Crippen LogP contribution in [0.4, 0.5) is 0 Å². The molecule has 1 aliphatic heterocycles. The van der Waals surface area contributed by atoms with Gasteiger partial charge in [-0.15, -0.1) is 0 Å². The molecule has 0 saturated carbocycles. The molecule has 152 valence electrons. The maximum absolute atomic E-state index is 14.0. The van der Waals surface area contributed by atoms with E-state index in [1.54, 1.807) is 24.3 Å². The summed E-state index contributed by atoms with van der Waals surface area (Å²) in [5.41, 5.74) is 1.22. The summed E-state index contributed by atoms with van der Waals surface area (Å²) in [6.45, 7) is 0. The normalized spacial score (nSPS) is 20.2. The predicted octanol–water partition coefficient (Wildman–Crippen LogP) is 4.69. The predicted molar refractivity (Wildman–Crippen MR) is 117 cm³/mol. The van der Waals surface area contributed by atoms with Gasteiger partial charge in [-0.25, -0.2) is 9.67 Å². The minimum Gasteiger partial charge on any atom is -0.355 e. The lowest BCUT2D eigenvalue weighted by molar-refractivity contribution is -0.0711. The Morgan fingerprint density at radius 2 is 1.61 bits per heavy atom. The molecule has 2 heterocycles. The first kappa shape index (κ1) is 19.2. The number of nitrogens with zero attached hydrogens (tertiary/aromatic N) is 4. The van der Waals surface area contributed by atoms with Crippen molar-refractivity contribution in [3.63, 3.8) is 0 Å². The van der Waals surface area contributed by atoms with Gasteiger partial charge in [0.2, 0.25) is 5.78 Å². The van der Waals surface area contributed by atoms with E-state index in [-0.39, 0.29) is 5.78 Å². The average molecular weight is 429 g/mol. The molecule has 0 amide bonds. The molecule has 0 bridgehead atoms. The Labute approximate surface area is 183 Å². The number of aromatic nitrogens is 3. The molecule has 1 aromatic heterocycles. The van der Waals surface area contributed by atoms with Gasteiger partial charge in [-0.1, -0.05) is 89.6 Å². The Hall–Kier alpha value is -3.77. The van der Waals surface area contributed by atoms with Crippen LogP contribution in [0.5, 0.6) is 0 Å². The van der Waals surface area contributed by atoms with Gasteiger partial charge in [0.1, 0.15) is 24.3 Å². The number of halogens is 1. The zero-order valence-electron chi connectivity index (χ0n) is 16.3. The lowest BCUT2D eigenvalue weighted by Gasteiger charge is -2.32. The summed E-state index contributed by atoms with van der Waals surface area (Å²) in [6, 6.07) is 26.0. The topological polar surface area (TPSA) is 69.4 Å². The standard InChI is InChI=1S/C24H17ClN4O2/c25-20-13-11-18(12-14-20)22-21(17-7-3-1-4-8-17)24(31-28-22,29-16-26-15-27-29)23(30)19-9-5-2-6-10-19/h1-16,21H. The quantitative estimate of drug-likeness (QED) is 0.432. The number of hydrogen-bond acceptors (Lipinski definition) is 5. The van der Waals surface area contributed by atoms with Crippen molar-refractivity contribution in [3.05, 3.63) is 119 Å². The maximum atomic E-state index is 14.0. The van der Waals surface area contributed by atoms with E-state index < -0.39 is 11.6 Å². The molecule has 4 aromatic rings. The minimum absolute atomic E-state index is 0.264. The van der Waals surface area contributed by atoms with E-state index in [1.807, 2.05) is 60.7 Å². The summed E-state index contributed by atoms with van der Waals surface area (Å²) in [6.07, 6.45) is 2.86. The Morgan fingerprint density at radius 1 is 0.935 bits per heavy atom. The first-order chi connectivity index (χ1) is 15.2. The van der Waals surface area contributed by atoms with Crippen LogP contribution in [-0.2, 0) is 10.6 Å². The maximum Gasteiger partial charge on any atom is 0.305 e. The number of carbonyl (C=O) groups excluding carboxylic acids is 1. The number of benzene rings is 3. The lowest BCUT2D eigenvalue weighted by atomic mass is 9.78. The van der Waals surface area contributed by atoms with Crippen molar-refractivity contribution >= 4 is 23.1 Å². The summed E-state index contributed by atoms with van der Waals surface area (Å²) in [4.78, 5) is 24.1. The SMILES string of the molecule is O=C(c1ccccc1)C1(n2cncn2)ON=C(c2ccc(Cl)cc2)C1c1ccccc1. The fourth-order valence-corrected chi connectivity index (χ4v) is 4.03. The highest BCUT2D eigenvalue weighted by Crippen LogP contribution is 2.45. The van der Waals surface area contributed by atoms with Gasteiger partial charge in [0.05, 0.1) is 0 Å². The van der Waals surface area contributed by atoms with E-state index in [2.05, 4.69) is 15.2 Å². The number of hydrogen-bond donors (Lipinski definition) is 0. The molecule has 3 aromatic carbocycles. The van der Waals surface area contributed by atoms with E-state index in [1.165, 1.54) is 17.3 Å². The highest BCUT2D eigenvalue weighted by Gasteiger charge is 2.58. The molecule has 1 aliphatic rings. The third-order valence-corrected chi connectivity index (χ3v) is 5.59. The average Bonchev–Trinajstić information content (AvgIpc) is 3.49. The fraction of sp³-hybridized carbons (Fsp3) is 0.0833. The van der Waals surface area contributed by atoms with Crippen LogP contribution < -0.4 is 0 Å². The van der Waals surface area contributed by atoms with Crippen LogP contribution in [0.1, 0.15) is 27.4 Å². The first-order valence-electron chi connectivity index (χ1n) is 9.72. The van der Waals surface area contributed by atoms with Crippen molar-refractivity contribution < 1.29 is 9.63 Å². The summed E-state index contributed by atoms with van der Waals surface area (Å²) in [5, 5.41) is 9.33. The summed E-state index contributed by atoms with van der Waals surface area (Å²) in [5.74, 6) is -0.829. The fourth-order valence-electron chi connectivity index (χ4n) is 3.91. The second kappa shape index (κ2) is 7.81. The van der Waals surface area contributed by atoms with Crippen LogP contribution in [-0.4, -0.2) is 26.3 Å². The molecule has 7 heteroatoms. The Morgan fingerprint density at radius 3 is 2.26 bits per heavy atom. The smallest absolute Gasteiger partial charge is 0.305 e. The van der Waals surface area contributed by atoms with E-state index in [0.29, 0.717) is 16.3 Å². The molecule has 0 fully saturated rings. The molecular weight excluding hydrogens is 412 g/mol. The van der Waals surface area contributed by atoms with Gasteiger partial charge in [-0.3, -0.25) is 4.79 Å².